The third kappa shape index (κ3) is 3.47. The van der Waals surface area contributed by atoms with E-state index in [1.165, 1.54) is 0 Å². The van der Waals surface area contributed by atoms with Crippen LogP contribution in [-0.2, 0) is 4.74 Å². The molecule has 0 bridgehead atoms. The van der Waals surface area contributed by atoms with Gasteiger partial charge in [-0.15, -0.1) is 0 Å². The van der Waals surface area contributed by atoms with E-state index in [4.69, 9.17) is 4.74 Å². The molecule has 2 aliphatic rings. The fourth-order valence-corrected chi connectivity index (χ4v) is 5.05. The number of likely N-dealkylation sites (tertiary alicyclic amines) is 1. The summed E-state index contributed by atoms with van der Waals surface area (Å²) in [6.07, 6.45) is 5.24. The second-order valence-electron chi connectivity index (χ2n) is 9.22. The molecule has 2 fully saturated rings. The van der Waals surface area contributed by atoms with Crippen LogP contribution in [0.25, 0.3) is 10.8 Å². The molecule has 150 valence electrons. The number of aryl methyl sites for hydroxylation is 1. The highest BCUT2D eigenvalue weighted by atomic mass is 79.9. The summed E-state index contributed by atoms with van der Waals surface area (Å²) in [4.78, 5) is 27.8. The van der Waals surface area contributed by atoms with Crippen LogP contribution < -0.4 is 5.56 Å². The van der Waals surface area contributed by atoms with Gasteiger partial charge in [0.2, 0.25) is 0 Å². The Morgan fingerprint density at radius 2 is 2.00 bits per heavy atom. The molecule has 0 radical (unpaired) electrons. The summed E-state index contributed by atoms with van der Waals surface area (Å²) in [5.41, 5.74) is 0.407. The molecule has 1 aliphatic heterocycles. The first-order valence-electron chi connectivity index (χ1n) is 9.91. The van der Waals surface area contributed by atoms with Crippen molar-refractivity contribution >= 4 is 32.8 Å². The summed E-state index contributed by atoms with van der Waals surface area (Å²) in [6, 6.07) is 6.11. The molecule has 28 heavy (non-hydrogen) atoms. The zero-order valence-corrected chi connectivity index (χ0v) is 18.5. The average molecular weight is 447 g/mol. The van der Waals surface area contributed by atoms with Gasteiger partial charge in [0, 0.05) is 28.8 Å². The van der Waals surface area contributed by atoms with Crippen molar-refractivity contribution in [3.63, 3.8) is 0 Å². The van der Waals surface area contributed by atoms with Crippen molar-refractivity contribution in [2.75, 3.05) is 6.54 Å². The molecule has 1 aromatic carbocycles. The van der Waals surface area contributed by atoms with E-state index >= 15 is 0 Å². The number of aromatic nitrogens is 1. The van der Waals surface area contributed by atoms with Crippen molar-refractivity contribution in [3.05, 3.63) is 44.8 Å². The number of carbonyl (C=O) groups is 1. The molecule has 1 spiro atoms. The molecule has 1 aromatic heterocycles. The van der Waals surface area contributed by atoms with Crippen LogP contribution >= 0.6 is 15.9 Å². The van der Waals surface area contributed by atoms with E-state index in [1.807, 2.05) is 61.6 Å². The standard InChI is InChI=1S/C22H27BrN2O3/c1-14-11-16(23)12-15-5-9-24(19(26)18(14)15)17-6-10-25(22(13-17)7-8-22)20(27)28-21(2,3)4/h5,9,11-12,17H,6-8,10,13H2,1-4H3. The number of hydrogen-bond donors (Lipinski definition) is 0. The van der Waals surface area contributed by atoms with Gasteiger partial charge in [-0.2, -0.15) is 0 Å². The topological polar surface area (TPSA) is 51.5 Å². The molecule has 2 aromatic rings. The van der Waals surface area contributed by atoms with Crippen LogP contribution in [0.3, 0.4) is 0 Å². The molecule has 4 rings (SSSR count). The van der Waals surface area contributed by atoms with Gasteiger partial charge in [-0.3, -0.25) is 4.79 Å². The second kappa shape index (κ2) is 6.61. The SMILES string of the molecule is Cc1cc(Br)cc2ccn(C3CCN(C(=O)OC(C)(C)C)C4(CC4)C3)c(=O)c12. The Balaban J connectivity index is 1.62. The lowest BCUT2D eigenvalue weighted by molar-refractivity contribution is 0.000501. The summed E-state index contributed by atoms with van der Waals surface area (Å²) >= 11 is 3.51. The number of pyridine rings is 1. The van der Waals surface area contributed by atoms with Crippen LogP contribution in [0.1, 0.15) is 58.1 Å². The first-order chi connectivity index (χ1) is 13.1. The number of halogens is 1. The monoisotopic (exact) mass is 446 g/mol. The minimum atomic E-state index is -0.495. The lowest BCUT2D eigenvalue weighted by Crippen LogP contribution is -2.50. The lowest BCUT2D eigenvalue weighted by Gasteiger charge is -2.41. The van der Waals surface area contributed by atoms with Crippen LogP contribution in [0.15, 0.2) is 33.7 Å². The number of fused-ring (bicyclic) bond motifs is 1. The minimum Gasteiger partial charge on any atom is -0.444 e. The fraction of sp³-hybridized carbons (Fsp3) is 0.545. The van der Waals surface area contributed by atoms with Gasteiger partial charge in [0.1, 0.15) is 5.60 Å². The summed E-state index contributed by atoms with van der Waals surface area (Å²) in [5, 5.41) is 1.74. The van der Waals surface area contributed by atoms with E-state index in [9.17, 15) is 9.59 Å². The number of piperidine rings is 1. The smallest absolute Gasteiger partial charge is 0.410 e. The second-order valence-corrected chi connectivity index (χ2v) is 10.1. The Morgan fingerprint density at radius 3 is 2.64 bits per heavy atom. The number of amides is 1. The first-order valence-corrected chi connectivity index (χ1v) is 10.7. The number of carbonyl (C=O) groups excluding carboxylic acids is 1. The first kappa shape index (κ1) is 19.5. The summed E-state index contributed by atoms with van der Waals surface area (Å²) in [7, 11) is 0. The maximum absolute atomic E-state index is 13.2. The highest BCUT2D eigenvalue weighted by Gasteiger charge is 2.54. The number of hydrogen-bond acceptors (Lipinski definition) is 3. The molecule has 6 heteroatoms. The Kier molecular flexibility index (Phi) is 4.60. The van der Waals surface area contributed by atoms with E-state index < -0.39 is 5.60 Å². The van der Waals surface area contributed by atoms with Crippen molar-refractivity contribution in [3.8, 4) is 0 Å². The van der Waals surface area contributed by atoms with E-state index in [1.54, 1.807) is 0 Å². The maximum Gasteiger partial charge on any atom is 0.410 e. The van der Waals surface area contributed by atoms with E-state index in [2.05, 4.69) is 15.9 Å². The van der Waals surface area contributed by atoms with Gasteiger partial charge < -0.3 is 14.2 Å². The largest absolute Gasteiger partial charge is 0.444 e. The summed E-state index contributed by atoms with van der Waals surface area (Å²) in [5.74, 6) is 0. The molecule has 5 nitrogen and oxygen atoms in total. The molecule has 1 aliphatic carbocycles. The third-order valence-electron chi connectivity index (χ3n) is 5.90. The molecular weight excluding hydrogens is 420 g/mol. The molecule has 1 saturated heterocycles. The molecular formula is C22H27BrN2O3. The van der Waals surface area contributed by atoms with E-state index in [0.717, 1.165) is 46.5 Å². The number of rotatable bonds is 1. The number of nitrogens with zero attached hydrogens (tertiary/aromatic N) is 2. The number of ether oxygens (including phenoxy) is 1. The van der Waals surface area contributed by atoms with Gasteiger partial charge in [-0.05, 0) is 82.5 Å². The summed E-state index contributed by atoms with van der Waals surface area (Å²) < 4.78 is 8.48. The predicted molar refractivity (Wildman–Crippen MR) is 114 cm³/mol. The van der Waals surface area contributed by atoms with E-state index in [0.29, 0.717) is 6.54 Å². The molecule has 2 heterocycles. The highest BCUT2D eigenvalue weighted by molar-refractivity contribution is 9.10. The molecule has 1 saturated carbocycles. The Hall–Kier alpha value is -1.82. The van der Waals surface area contributed by atoms with Crippen molar-refractivity contribution < 1.29 is 9.53 Å². The van der Waals surface area contributed by atoms with Gasteiger partial charge in [0.25, 0.3) is 5.56 Å². The predicted octanol–water partition coefficient (Wildman–Crippen LogP) is 5.18. The van der Waals surface area contributed by atoms with Crippen molar-refractivity contribution in [2.24, 2.45) is 0 Å². The Labute approximate surface area is 173 Å². The van der Waals surface area contributed by atoms with Gasteiger partial charge >= 0.3 is 6.09 Å². The van der Waals surface area contributed by atoms with E-state index in [-0.39, 0.29) is 23.2 Å². The van der Waals surface area contributed by atoms with Crippen molar-refractivity contribution in [2.45, 2.75) is 70.6 Å². The fourth-order valence-electron chi connectivity index (χ4n) is 4.46. The van der Waals surface area contributed by atoms with Gasteiger partial charge in [-0.25, -0.2) is 4.79 Å². The molecule has 1 unspecified atom stereocenters. The average Bonchev–Trinajstić information content (AvgIpc) is 3.32. The van der Waals surface area contributed by atoms with Crippen LogP contribution in [0.4, 0.5) is 4.79 Å². The molecule has 1 atom stereocenters. The Morgan fingerprint density at radius 1 is 1.29 bits per heavy atom. The van der Waals surface area contributed by atoms with Crippen molar-refractivity contribution in [1.29, 1.82) is 0 Å². The zero-order chi connectivity index (χ0) is 20.3. The normalized spacial score (nSPS) is 21.2. The molecule has 0 N–H and O–H groups in total. The van der Waals surface area contributed by atoms with Gasteiger partial charge in [0.15, 0.2) is 0 Å². The maximum atomic E-state index is 13.2. The van der Waals surface area contributed by atoms with Crippen molar-refractivity contribution in [1.82, 2.24) is 9.47 Å². The minimum absolute atomic E-state index is 0.0639. The summed E-state index contributed by atoms with van der Waals surface area (Å²) in [6.45, 7) is 8.29. The highest BCUT2D eigenvalue weighted by Crippen LogP contribution is 2.51. The lowest BCUT2D eigenvalue weighted by atomic mass is 9.94. The van der Waals surface area contributed by atoms with Crippen LogP contribution in [0.2, 0.25) is 0 Å². The number of benzene rings is 1. The molecule has 1 amide bonds. The Bertz CT molecular complexity index is 1000. The third-order valence-corrected chi connectivity index (χ3v) is 6.36. The van der Waals surface area contributed by atoms with Gasteiger partial charge in [0.05, 0.1) is 5.39 Å². The van der Waals surface area contributed by atoms with Gasteiger partial charge in [-0.1, -0.05) is 15.9 Å². The van der Waals surface area contributed by atoms with Crippen LogP contribution in [0, 0.1) is 6.92 Å². The van der Waals surface area contributed by atoms with Crippen LogP contribution in [-0.4, -0.2) is 33.2 Å². The van der Waals surface area contributed by atoms with Crippen LogP contribution in [0.5, 0.6) is 0 Å². The quantitative estimate of drug-likeness (QED) is 0.606. The zero-order valence-electron chi connectivity index (χ0n) is 16.9.